The molecular weight excluding hydrogens is 240 g/mol. The fourth-order valence-electron chi connectivity index (χ4n) is 2.92. The third-order valence-electron chi connectivity index (χ3n) is 3.90. The van der Waals surface area contributed by atoms with Gasteiger partial charge in [0.1, 0.15) is 6.61 Å². The van der Waals surface area contributed by atoms with Gasteiger partial charge in [-0.3, -0.25) is 9.69 Å². The number of carbonyl (C=O) groups excluding carboxylic acids is 1. The van der Waals surface area contributed by atoms with Gasteiger partial charge < -0.3 is 10.1 Å². The number of morpholine rings is 1. The van der Waals surface area contributed by atoms with Gasteiger partial charge in [0.2, 0.25) is 5.91 Å². The summed E-state index contributed by atoms with van der Waals surface area (Å²) in [6, 6.07) is 10.8. The lowest BCUT2D eigenvalue weighted by atomic mass is 10.1. The number of amides is 1. The molecule has 0 aliphatic carbocycles. The number of hydrogen-bond acceptors (Lipinski definition) is 3. The summed E-state index contributed by atoms with van der Waals surface area (Å²) in [5.41, 5.74) is 1.39. The Morgan fingerprint density at radius 2 is 2.11 bits per heavy atom. The van der Waals surface area contributed by atoms with E-state index in [0.29, 0.717) is 0 Å². The minimum Gasteiger partial charge on any atom is -0.365 e. The van der Waals surface area contributed by atoms with E-state index >= 15 is 0 Å². The molecule has 1 aromatic rings. The lowest BCUT2D eigenvalue weighted by Gasteiger charge is -2.25. The summed E-state index contributed by atoms with van der Waals surface area (Å²) in [6.45, 7) is 3.16. The van der Waals surface area contributed by atoms with E-state index in [9.17, 15) is 4.79 Å². The highest BCUT2D eigenvalue weighted by molar-refractivity contribution is 5.78. The van der Waals surface area contributed by atoms with E-state index < -0.39 is 0 Å². The van der Waals surface area contributed by atoms with Gasteiger partial charge in [0.15, 0.2) is 0 Å². The van der Waals surface area contributed by atoms with Gasteiger partial charge in [0.25, 0.3) is 0 Å². The van der Waals surface area contributed by atoms with Crippen molar-refractivity contribution in [2.75, 3.05) is 26.2 Å². The fourth-order valence-corrected chi connectivity index (χ4v) is 2.92. The highest BCUT2D eigenvalue weighted by Gasteiger charge is 2.37. The average molecular weight is 260 g/mol. The summed E-state index contributed by atoms with van der Waals surface area (Å²) >= 11 is 0. The maximum atomic E-state index is 11.3. The van der Waals surface area contributed by atoms with Crippen molar-refractivity contribution in [2.45, 2.75) is 25.0 Å². The van der Waals surface area contributed by atoms with Gasteiger partial charge in [0, 0.05) is 13.1 Å². The molecule has 0 aromatic heterocycles. The van der Waals surface area contributed by atoms with Gasteiger partial charge >= 0.3 is 0 Å². The Bertz CT molecular complexity index is 435. The number of likely N-dealkylation sites (tertiary alicyclic amines) is 1. The molecule has 2 aliphatic heterocycles. The van der Waals surface area contributed by atoms with E-state index in [2.05, 4.69) is 40.5 Å². The van der Waals surface area contributed by atoms with Crippen LogP contribution in [0.4, 0.5) is 0 Å². The van der Waals surface area contributed by atoms with Crippen LogP contribution < -0.4 is 5.32 Å². The van der Waals surface area contributed by atoms with Crippen molar-refractivity contribution in [1.29, 1.82) is 0 Å². The van der Waals surface area contributed by atoms with Crippen LogP contribution in [-0.4, -0.2) is 49.2 Å². The minimum atomic E-state index is 0.0207. The predicted molar refractivity (Wildman–Crippen MR) is 72.9 cm³/mol. The van der Waals surface area contributed by atoms with E-state index in [1.165, 1.54) is 5.56 Å². The summed E-state index contributed by atoms with van der Waals surface area (Å²) in [7, 11) is 0. The van der Waals surface area contributed by atoms with Gasteiger partial charge in [-0.15, -0.1) is 0 Å². The molecule has 0 bridgehead atoms. The van der Waals surface area contributed by atoms with Crippen molar-refractivity contribution >= 4 is 5.91 Å². The van der Waals surface area contributed by atoms with E-state index in [1.54, 1.807) is 0 Å². The molecule has 0 radical (unpaired) electrons. The smallest absolute Gasteiger partial charge is 0.246 e. The summed E-state index contributed by atoms with van der Waals surface area (Å²) in [6.07, 6.45) is 2.45. The molecule has 19 heavy (non-hydrogen) atoms. The topological polar surface area (TPSA) is 41.6 Å². The van der Waals surface area contributed by atoms with Crippen LogP contribution in [0.2, 0.25) is 0 Å². The molecule has 2 atom stereocenters. The lowest BCUT2D eigenvalue weighted by molar-refractivity contribution is -0.134. The van der Waals surface area contributed by atoms with E-state index in [0.717, 1.165) is 32.5 Å². The van der Waals surface area contributed by atoms with E-state index in [1.807, 2.05) is 0 Å². The first-order valence-electron chi connectivity index (χ1n) is 6.98. The van der Waals surface area contributed by atoms with Crippen molar-refractivity contribution in [3.8, 4) is 0 Å². The third-order valence-corrected chi connectivity index (χ3v) is 3.90. The van der Waals surface area contributed by atoms with Gasteiger partial charge in [0.05, 0.1) is 12.1 Å². The van der Waals surface area contributed by atoms with Gasteiger partial charge in [-0.25, -0.2) is 0 Å². The van der Waals surface area contributed by atoms with Crippen molar-refractivity contribution in [3.05, 3.63) is 35.9 Å². The summed E-state index contributed by atoms with van der Waals surface area (Å²) in [4.78, 5) is 13.6. The second kappa shape index (κ2) is 5.72. The molecule has 4 nitrogen and oxygen atoms in total. The van der Waals surface area contributed by atoms with Gasteiger partial charge in [-0.1, -0.05) is 30.3 Å². The van der Waals surface area contributed by atoms with Crippen molar-refractivity contribution in [2.24, 2.45) is 0 Å². The molecule has 1 aromatic carbocycles. The Morgan fingerprint density at radius 1 is 1.26 bits per heavy atom. The molecule has 0 unspecified atom stereocenters. The van der Waals surface area contributed by atoms with E-state index in [-0.39, 0.29) is 24.7 Å². The second-order valence-electron chi connectivity index (χ2n) is 5.37. The molecule has 2 heterocycles. The maximum absolute atomic E-state index is 11.3. The van der Waals surface area contributed by atoms with Crippen LogP contribution in [0, 0.1) is 0 Å². The molecule has 0 spiro atoms. The first-order chi connectivity index (χ1) is 9.31. The second-order valence-corrected chi connectivity index (χ2v) is 5.37. The van der Waals surface area contributed by atoms with E-state index in [4.69, 9.17) is 4.74 Å². The number of nitrogens with one attached hydrogen (secondary N) is 1. The number of carbonyl (C=O) groups is 1. The standard InChI is InChI=1S/C15H20N2O2/c18-15-11-19-14-10-17(9-13(14)16-15)8-4-7-12-5-2-1-3-6-12/h1-3,5-6,13-14H,4,7-11H2,(H,16,18)/t13-,14+/m0/s1. The van der Waals surface area contributed by atoms with Crippen molar-refractivity contribution in [1.82, 2.24) is 10.2 Å². The number of fused-ring (bicyclic) bond motifs is 1. The zero-order valence-electron chi connectivity index (χ0n) is 11.0. The number of aryl methyl sites for hydroxylation is 1. The Kier molecular flexibility index (Phi) is 3.80. The molecular formula is C15H20N2O2. The first-order valence-corrected chi connectivity index (χ1v) is 6.98. The predicted octanol–water partition coefficient (Wildman–Crippen LogP) is 0.818. The third kappa shape index (κ3) is 3.14. The summed E-state index contributed by atoms with van der Waals surface area (Å²) in [5, 5.41) is 3.01. The van der Waals surface area contributed by atoms with Crippen LogP contribution in [0.15, 0.2) is 30.3 Å². The molecule has 4 heteroatoms. The molecule has 3 rings (SSSR count). The van der Waals surface area contributed by atoms with Gasteiger partial charge in [-0.05, 0) is 24.9 Å². The largest absolute Gasteiger partial charge is 0.365 e. The van der Waals surface area contributed by atoms with Crippen LogP contribution in [-0.2, 0) is 16.0 Å². The molecule has 1 amide bonds. The maximum Gasteiger partial charge on any atom is 0.246 e. The molecule has 2 fully saturated rings. The fraction of sp³-hybridized carbons (Fsp3) is 0.533. The number of benzene rings is 1. The van der Waals surface area contributed by atoms with Crippen LogP contribution in [0.25, 0.3) is 0 Å². The molecule has 1 N–H and O–H groups in total. The SMILES string of the molecule is O=C1CO[C@@H]2CN(CCCc3ccccc3)C[C@@H]2N1. The molecule has 0 saturated carbocycles. The van der Waals surface area contributed by atoms with Crippen LogP contribution in [0.1, 0.15) is 12.0 Å². The minimum absolute atomic E-state index is 0.0207. The Balaban J connectivity index is 1.43. The monoisotopic (exact) mass is 260 g/mol. The highest BCUT2D eigenvalue weighted by atomic mass is 16.5. The Hall–Kier alpha value is -1.39. The van der Waals surface area contributed by atoms with Crippen LogP contribution >= 0.6 is 0 Å². The Morgan fingerprint density at radius 3 is 2.95 bits per heavy atom. The number of ether oxygens (including phenoxy) is 1. The summed E-state index contributed by atoms with van der Waals surface area (Å²) in [5.74, 6) is 0.0207. The highest BCUT2D eigenvalue weighted by Crippen LogP contribution is 2.17. The lowest BCUT2D eigenvalue weighted by Crippen LogP contribution is -2.50. The normalized spacial score (nSPS) is 27.1. The van der Waals surface area contributed by atoms with Gasteiger partial charge in [-0.2, -0.15) is 0 Å². The van der Waals surface area contributed by atoms with Crippen LogP contribution in [0.5, 0.6) is 0 Å². The Labute approximate surface area is 113 Å². The number of rotatable bonds is 4. The molecule has 2 aliphatic rings. The van der Waals surface area contributed by atoms with Crippen LogP contribution in [0.3, 0.4) is 0 Å². The molecule has 2 saturated heterocycles. The van der Waals surface area contributed by atoms with Crippen molar-refractivity contribution < 1.29 is 9.53 Å². The number of nitrogens with zero attached hydrogens (tertiary/aromatic N) is 1. The molecule has 102 valence electrons. The quantitative estimate of drug-likeness (QED) is 0.871. The average Bonchev–Trinajstić information content (AvgIpc) is 2.82. The number of hydrogen-bond donors (Lipinski definition) is 1. The zero-order valence-corrected chi connectivity index (χ0v) is 11.0. The summed E-state index contributed by atoms with van der Waals surface area (Å²) < 4.78 is 5.56. The van der Waals surface area contributed by atoms with Crippen molar-refractivity contribution in [3.63, 3.8) is 0 Å². The first kappa shape index (κ1) is 12.6. The zero-order chi connectivity index (χ0) is 13.1.